The maximum atomic E-state index is 14.1. The molecular formula is C22H25F3. The second-order valence-corrected chi connectivity index (χ2v) is 6.35. The van der Waals surface area contributed by atoms with Crippen LogP contribution in [0.5, 0.6) is 0 Å². The van der Waals surface area contributed by atoms with E-state index in [-0.39, 0.29) is 12.0 Å². The van der Waals surface area contributed by atoms with E-state index in [4.69, 9.17) is 0 Å². The zero-order chi connectivity index (χ0) is 18.2. The first-order valence-corrected chi connectivity index (χ1v) is 8.95. The Morgan fingerprint density at radius 2 is 1.32 bits per heavy atom. The summed E-state index contributed by atoms with van der Waals surface area (Å²) in [5.74, 6) is -2.68. The van der Waals surface area contributed by atoms with Crippen LogP contribution < -0.4 is 0 Å². The summed E-state index contributed by atoms with van der Waals surface area (Å²) in [6.45, 7) is 3.90. The molecule has 134 valence electrons. The zero-order valence-electron chi connectivity index (χ0n) is 14.9. The normalized spacial score (nSPS) is 12.2. The van der Waals surface area contributed by atoms with Crippen LogP contribution in [0, 0.1) is 5.82 Å². The lowest BCUT2D eigenvalue weighted by Crippen LogP contribution is -1.96. The van der Waals surface area contributed by atoms with Crippen LogP contribution in [0.25, 0.3) is 5.83 Å². The predicted octanol–water partition coefficient (Wildman–Crippen LogP) is 6.97. The van der Waals surface area contributed by atoms with Gasteiger partial charge in [-0.2, -0.15) is 0 Å². The van der Waals surface area contributed by atoms with Gasteiger partial charge in [0.05, 0.1) is 0 Å². The van der Waals surface area contributed by atoms with Crippen molar-refractivity contribution in [1.29, 1.82) is 0 Å². The number of hydrogen-bond acceptors (Lipinski definition) is 0. The van der Waals surface area contributed by atoms with E-state index in [9.17, 15) is 13.2 Å². The first-order valence-electron chi connectivity index (χ1n) is 8.95. The molecule has 0 fully saturated rings. The standard InChI is InChI=1S/C22H25F3/c1-3-5-16-7-9-17(10-8-16)11-12-18-13-14-19(21(24)15-18)22(25)20(23)6-4-2/h7-10,13-15H,3-6,11-12H2,1-2H3/b22-20+. The van der Waals surface area contributed by atoms with Gasteiger partial charge in [0.1, 0.15) is 11.6 Å². The molecular weight excluding hydrogens is 321 g/mol. The fourth-order valence-electron chi connectivity index (χ4n) is 2.82. The van der Waals surface area contributed by atoms with Gasteiger partial charge in [-0.1, -0.05) is 50.6 Å². The van der Waals surface area contributed by atoms with Crippen molar-refractivity contribution in [1.82, 2.24) is 0 Å². The van der Waals surface area contributed by atoms with Crippen molar-refractivity contribution < 1.29 is 13.2 Å². The van der Waals surface area contributed by atoms with Crippen LogP contribution in [0.3, 0.4) is 0 Å². The number of allylic oxidation sites excluding steroid dienone is 1. The number of aryl methyl sites for hydroxylation is 3. The van der Waals surface area contributed by atoms with Crippen molar-refractivity contribution in [3.63, 3.8) is 0 Å². The molecule has 0 saturated carbocycles. The second-order valence-electron chi connectivity index (χ2n) is 6.35. The van der Waals surface area contributed by atoms with E-state index in [2.05, 4.69) is 31.2 Å². The lowest BCUT2D eigenvalue weighted by molar-refractivity contribution is 0.551. The van der Waals surface area contributed by atoms with Crippen molar-refractivity contribution in [2.75, 3.05) is 0 Å². The van der Waals surface area contributed by atoms with Crippen LogP contribution in [0.4, 0.5) is 13.2 Å². The molecule has 0 spiro atoms. The third kappa shape index (κ3) is 5.48. The highest BCUT2D eigenvalue weighted by molar-refractivity contribution is 5.61. The van der Waals surface area contributed by atoms with Crippen molar-refractivity contribution in [2.45, 2.75) is 52.4 Å². The van der Waals surface area contributed by atoms with Crippen molar-refractivity contribution >= 4 is 5.83 Å². The summed E-state index contributed by atoms with van der Waals surface area (Å²) in [5.41, 5.74) is 2.99. The average Bonchev–Trinajstić information content (AvgIpc) is 2.61. The fraction of sp³-hybridized carbons (Fsp3) is 0.364. The molecule has 3 heteroatoms. The van der Waals surface area contributed by atoms with E-state index in [1.807, 2.05) is 0 Å². The van der Waals surface area contributed by atoms with Crippen LogP contribution in [0.1, 0.15) is 55.4 Å². The van der Waals surface area contributed by atoms with E-state index < -0.39 is 17.5 Å². The Kier molecular flexibility index (Phi) is 7.30. The van der Waals surface area contributed by atoms with Crippen molar-refractivity contribution in [3.8, 4) is 0 Å². The summed E-state index contributed by atoms with van der Waals surface area (Å²) in [5, 5.41) is 0. The number of benzene rings is 2. The minimum Gasteiger partial charge on any atom is -0.209 e. The molecule has 0 heterocycles. The minimum absolute atomic E-state index is 0.0128. The fourth-order valence-corrected chi connectivity index (χ4v) is 2.82. The molecule has 0 N–H and O–H groups in total. The van der Waals surface area contributed by atoms with Crippen molar-refractivity contribution in [2.24, 2.45) is 0 Å². The minimum atomic E-state index is -1.09. The molecule has 0 aromatic heterocycles. The van der Waals surface area contributed by atoms with E-state index in [1.54, 1.807) is 13.0 Å². The maximum absolute atomic E-state index is 14.1. The van der Waals surface area contributed by atoms with Gasteiger partial charge in [-0.3, -0.25) is 0 Å². The lowest BCUT2D eigenvalue weighted by atomic mass is 10.0. The number of halogens is 3. The second kappa shape index (κ2) is 9.45. The van der Waals surface area contributed by atoms with E-state index in [0.717, 1.165) is 24.8 Å². The van der Waals surface area contributed by atoms with Crippen LogP contribution in [0.2, 0.25) is 0 Å². The summed E-state index contributed by atoms with van der Waals surface area (Å²) in [6, 6.07) is 12.7. The lowest BCUT2D eigenvalue weighted by Gasteiger charge is -2.07. The van der Waals surface area contributed by atoms with E-state index in [1.165, 1.54) is 23.3 Å². The quantitative estimate of drug-likeness (QED) is 0.484. The van der Waals surface area contributed by atoms with Gasteiger partial charge in [-0.25, -0.2) is 13.2 Å². The Labute approximate surface area is 148 Å². The topological polar surface area (TPSA) is 0 Å². The van der Waals surface area contributed by atoms with E-state index >= 15 is 0 Å². The molecule has 0 atom stereocenters. The van der Waals surface area contributed by atoms with Crippen LogP contribution in [-0.4, -0.2) is 0 Å². The Bertz CT molecular complexity index is 715. The Balaban J connectivity index is 2.04. The SMILES string of the molecule is CCC/C(F)=C(\F)c1ccc(CCc2ccc(CCC)cc2)cc1F. The predicted molar refractivity (Wildman–Crippen MR) is 98.3 cm³/mol. The molecule has 0 amide bonds. The third-order valence-corrected chi connectivity index (χ3v) is 4.24. The highest BCUT2D eigenvalue weighted by atomic mass is 19.2. The molecule has 0 aliphatic rings. The van der Waals surface area contributed by atoms with Crippen molar-refractivity contribution in [3.05, 3.63) is 76.4 Å². The first kappa shape index (κ1) is 19.3. The van der Waals surface area contributed by atoms with Gasteiger partial charge >= 0.3 is 0 Å². The molecule has 0 unspecified atom stereocenters. The summed E-state index contributed by atoms with van der Waals surface area (Å²) in [7, 11) is 0. The summed E-state index contributed by atoms with van der Waals surface area (Å²) in [6.07, 6.45) is 4.10. The summed E-state index contributed by atoms with van der Waals surface area (Å²) < 4.78 is 41.6. The number of rotatable bonds is 8. The van der Waals surface area contributed by atoms with Gasteiger partial charge < -0.3 is 0 Å². The van der Waals surface area contributed by atoms with Crippen LogP contribution in [0.15, 0.2) is 48.3 Å². The molecule has 25 heavy (non-hydrogen) atoms. The molecule has 0 radical (unpaired) electrons. The highest BCUT2D eigenvalue weighted by Gasteiger charge is 2.13. The van der Waals surface area contributed by atoms with Crippen LogP contribution >= 0.6 is 0 Å². The maximum Gasteiger partial charge on any atom is 0.164 e. The van der Waals surface area contributed by atoms with Gasteiger partial charge in [0.25, 0.3) is 0 Å². The molecule has 2 aromatic carbocycles. The highest BCUT2D eigenvalue weighted by Crippen LogP contribution is 2.27. The first-order chi connectivity index (χ1) is 12.0. The largest absolute Gasteiger partial charge is 0.209 e. The van der Waals surface area contributed by atoms with E-state index in [0.29, 0.717) is 12.8 Å². The number of hydrogen-bond donors (Lipinski definition) is 0. The van der Waals surface area contributed by atoms with Gasteiger partial charge in [0, 0.05) is 12.0 Å². The van der Waals surface area contributed by atoms with Gasteiger partial charge in [0.2, 0.25) is 0 Å². The van der Waals surface area contributed by atoms with Gasteiger partial charge in [-0.05, 0) is 54.5 Å². The molecule has 2 aromatic rings. The zero-order valence-corrected chi connectivity index (χ0v) is 14.9. The Morgan fingerprint density at radius 1 is 0.760 bits per heavy atom. The van der Waals surface area contributed by atoms with Gasteiger partial charge in [0.15, 0.2) is 5.83 Å². The molecule has 0 bridgehead atoms. The molecule has 0 aliphatic carbocycles. The molecule has 0 aliphatic heterocycles. The summed E-state index contributed by atoms with van der Waals surface area (Å²) in [4.78, 5) is 0. The Morgan fingerprint density at radius 3 is 1.88 bits per heavy atom. The molecule has 2 rings (SSSR count). The smallest absolute Gasteiger partial charge is 0.164 e. The monoisotopic (exact) mass is 346 g/mol. The molecule has 0 saturated heterocycles. The van der Waals surface area contributed by atoms with Gasteiger partial charge in [-0.15, -0.1) is 0 Å². The third-order valence-electron chi connectivity index (χ3n) is 4.24. The molecule has 0 nitrogen and oxygen atoms in total. The summed E-state index contributed by atoms with van der Waals surface area (Å²) >= 11 is 0. The Hall–Kier alpha value is -2.03. The average molecular weight is 346 g/mol. The van der Waals surface area contributed by atoms with Crippen LogP contribution in [-0.2, 0) is 19.3 Å².